The van der Waals surface area contributed by atoms with E-state index in [1.165, 1.54) is 11.1 Å². The van der Waals surface area contributed by atoms with Crippen molar-refractivity contribution in [2.24, 2.45) is 11.7 Å². The molecule has 0 saturated carbocycles. The first-order chi connectivity index (χ1) is 12.7. The predicted molar refractivity (Wildman–Crippen MR) is 107 cm³/mol. The average molecular weight is 363 g/mol. The molecule has 4 rings (SSSR count). The van der Waals surface area contributed by atoms with E-state index in [-0.39, 0.29) is 11.8 Å². The number of anilines is 1. The second-order valence-electron chi connectivity index (χ2n) is 6.62. The first-order valence-corrected chi connectivity index (χ1v) is 9.74. The molecule has 1 saturated heterocycles. The number of rotatable bonds is 4. The zero-order chi connectivity index (χ0) is 17.9. The van der Waals surface area contributed by atoms with Gasteiger partial charge < -0.3 is 10.6 Å². The summed E-state index contributed by atoms with van der Waals surface area (Å²) in [5, 5.41) is 3.13. The summed E-state index contributed by atoms with van der Waals surface area (Å²) in [6.45, 7) is 1.68. The van der Waals surface area contributed by atoms with Crippen LogP contribution in [-0.2, 0) is 4.79 Å². The fourth-order valence-corrected chi connectivity index (χ4v) is 4.25. The molecule has 0 spiro atoms. The third-order valence-corrected chi connectivity index (χ3v) is 5.85. The monoisotopic (exact) mass is 363 g/mol. The van der Waals surface area contributed by atoms with E-state index < -0.39 is 0 Å². The predicted octanol–water partition coefficient (Wildman–Crippen LogP) is 4.18. The molecule has 1 fully saturated rings. The fourth-order valence-electron chi connectivity index (χ4n) is 3.36. The highest BCUT2D eigenvalue weighted by atomic mass is 32.1. The van der Waals surface area contributed by atoms with Gasteiger partial charge in [0.05, 0.1) is 5.69 Å². The Morgan fingerprint density at radius 1 is 0.962 bits per heavy atom. The lowest BCUT2D eigenvalue weighted by molar-refractivity contribution is -0.122. The molecule has 1 aliphatic rings. The molecule has 2 N–H and O–H groups in total. The number of nitrogens with zero attached hydrogens (tertiary/aromatic N) is 2. The lowest BCUT2D eigenvalue weighted by atomic mass is 9.97. The van der Waals surface area contributed by atoms with Crippen LogP contribution in [0.2, 0.25) is 0 Å². The van der Waals surface area contributed by atoms with Crippen molar-refractivity contribution in [3.05, 3.63) is 60.0 Å². The van der Waals surface area contributed by atoms with Crippen molar-refractivity contribution in [1.82, 2.24) is 4.98 Å². The summed E-state index contributed by atoms with van der Waals surface area (Å²) < 4.78 is 0. The van der Waals surface area contributed by atoms with Crippen LogP contribution in [0.1, 0.15) is 12.8 Å². The Morgan fingerprint density at radius 3 is 2.23 bits per heavy atom. The van der Waals surface area contributed by atoms with Crippen LogP contribution in [-0.4, -0.2) is 24.0 Å². The Morgan fingerprint density at radius 2 is 1.58 bits per heavy atom. The molecule has 2 aromatic carbocycles. The molecular formula is C21H21N3OS. The maximum Gasteiger partial charge on any atom is 0.220 e. The van der Waals surface area contributed by atoms with Gasteiger partial charge in [0, 0.05) is 30.0 Å². The molecule has 0 unspecified atom stereocenters. The summed E-state index contributed by atoms with van der Waals surface area (Å²) in [6, 6.07) is 18.9. The lowest BCUT2D eigenvalue weighted by Gasteiger charge is -2.30. The molecule has 4 nitrogen and oxygen atoms in total. The van der Waals surface area contributed by atoms with Crippen molar-refractivity contribution >= 4 is 22.4 Å². The highest BCUT2D eigenvalue weighted by molar-refractivity contribution is 7.14. The van der Waals surface area contributed by atoms with Gasteiger partial charge in [-0.05, 0) is 24.0 Å². The third kappa shape index (κ3) is 3.48. The number of hydrogen-bond donors (Lipinski definition) is 1. The SMILES string of the molecule is NC(=O)C1CCN(c2nc(-c3ccc(-c4ccccc4)cc3)cs2)CC1. The van der Waals surface area contributed by atoms with Gasteiger partial charge in [-0.3, -0.25) is 4.79 Å². The van der Waals surface area contributed by atoms with E-state index in [0.29, 0.717) is 0 Å². The number of piperidine rings is 1. The van der Waals surface area contributed by atoms with Crippen molar-refractivity contribution in [3.63, 3.8) is 0 Å². The largest absolute Gasteiger partial charge is 0.369 e. The van der Waals surface area contributed by atoms with Gasteiger partial charge >= 0.3 is 0 Å². The van der Waals surface area contributed by atoms with Crippen molar-refractivity contribution in [2.45, 2.75) is 12.8 Å². The molecule has 1 amide bonds. The minimum absolute atomic E-state index is 0.0104. The second kappa shape index (κ2) is 7.30. The summed E-state index contributed by atoms with van der Waals surface area (Å²) in [5.74, 6) is -0.167. The van der Waals surface area contributed by atoms with Crippen molar-refractivity contribution in [1.29, 1.82) is 0 Å². The molecule has 5 heteroatoms. The summed E-state index contributed by atoms with van der Waals surface area (Å²) >= 11 is 1.66. The van der Waals surface area contributed by atoms with E-state index in [4.69, 9.17) is 10.7 Å². The zero-order valence-corrected chi connectivity index (χ0v) is 15.3. The van der Waals surface area contributed by atoms with E-state index in [0.717, 1.165) is 42.3 Å². The van der Waals surface area contributed by atoms with Crippen LogP contribution >= 0.6 is 11.3 Å². The molecule has 132 valence electrons. The number of primary amides is 1. The first-order valence-electron chi connectivity index (χ1n) is 8.86. The van der Waals surface area contributed by atoms with Crippen molar-refractivity contribution in [2.75, 3.05) is 18.0 Å². The maximum atomic E-state index is 11.3. The molecule has 26 heavy (non-hydrogen) atoms. The number of nitrogens with two attached hydrogens (primary N) is 1. The van der Waals surface area contributed by atoms with E-state index in [9.17, 15) is 4.79 Å². The normalized spacial score (nSPS) is 15.2. The molecule has 0 bridgehead atoms. The Kier molecular flexibility index (Phi) is 4.71. The Bertz CT molecular complexity index is 881. The maximum absolute atomic E-state index is 11.3. The van der Waals surface area contributed by atoms with Crippen LogP contribution in [0.4, 0.5) is 5.13 Å². The van der Waals surface area contributed by atoms with E-state index in [1.54, 1.807) is 11.3 Å². The van der Waals surface area contributed by atoms with E-state index >= 15 is 0 Å². The van der Waals surface area contributed by atoms with Gasteiger partial charge in [-0.1, -0.05) is 54.6 Å². The lowest BCUT2D eigenvalue weighted by Crippen LogP contribution is -2.38. The van der Waals surface area contributed by atoms with Gasteiger partial charge in [0.1, 0.15) is 0 Å². The smallest absolute Gasteiger partial charge is 0.220 e. The van der Waals surface area contributed by atoms with Crippen LogP contribution < -0.4 is 10.6 Å². The summed E-state index contributed by atoms with van der Waals surface area (Å²) in [5.41, 5.74) is 9.97. The third-order valence-electron chi connectivity index (χ3n) is 4.95. The minimum Gasteiger partial charge on any atom is -0.369 e. The van der Waals surface area contributed by atoms with Crippen LogP contribution in [0.25, 0.3) is 22.4 Å². The molecular weight excluding hydrogens is 342 g/mol. The number of carbonyl (C=O) groups excluding carboxylic acids is 1. The molecule has 3 aromatic rings. The highest BCUT2D eigenvalue weighted by Crippen LogP contribution is 2.31. The summed E-state index contributed by atoms with van der Waals surface area (Å²) in [7, 11) is 0. The number of amides is 1. The topological polar surface area (TPSA) is 59.2 Å². The number of aromatic nitrogens is 1. The Hall–Kier alpha value is -2.66. The van der Waals surface area contributed by atoms with Gasteiger partial charge in [0.15, 0.2) is 5.13 Å². The molecule has 2 heterocycles. The number of benzene rings is 2. The number of carbonyl (C=O) groups is 1. The van der Waals surface area contributed by atoms with Crippen molar-refractivity contribution < 1.29 is 4.79 Å². The Labute approximate surface area is 157 Å². The van der Waals surface area contributed by atoms with E-state index in [2.05, 4.69) is 58.8 Å². The molecule has 1 aromatic heterocycles. The summed E-state index contributed by atoms with van der Waals surface area (Å²) in [4.78, 5) is 18.4. The average Bonchev–Trinajstić information content (AvgIpc) is 3.19. The second-order valence-corrected chi connectivity index (χ2v) is 7.46. The minimum atomic E-state index is -0.178. The van der Waals surface area contributed by atoms with Gasteiger partial charge in [-0.15, -0.1) is 11.3 Å². The number of hydrogen-bond acceptors (Lipinski definition) is 4. The molecule has 0 atom stereocenters. The van der Waals surface area contributed by atoms with Crippen molar-refractivity contribution in [3.8, 4) is 22.4 Å². The highest BCUT2D eigenvalue weighted by Gasteiger charge is 2.24. The summed E-state index contributed by atoms with van der Waals surface area (Å²) in [6.07, 6.45) is 1.63. The van der Waals surface area contributed by atoms with Crippen LogP contribution in [0, 0.1) is 5.92 Å². The first kappa shape index (κ1) is 16.8. The molecule has 0 radical (unpaired) electrons. The zero-order valence-electron chi connectivity index (χ0n) is 14.5. The van der Waals surface area contributed by atoms with E-state index in [1.807, 2.05) is 6.07 Å². The quantitative estimate of drug-likeness (QED) is 0.756. The molecule has 0 aliphatic carbocycles. The van der Waals surface area contributed by atoms with Gasteiger partial charge in [-0.25, -0.2) is 4.98 Å². The van der Waals surface area contributed by atoms with Gasteiger partial charge in [0.25, 0.3) is 0 Å². The van der Waals surface area contributed by atoms with Gasteiger partial charge in [-0.2, -0.15) is 0 Å². The number of thiazole rings is 1. The van der Waals surface area contributed by atoms with Crippen LogP contribution in [0.15, 0.2) is 60.0 Å². The molecule has 1 aliphatic heterocycles. The van der Waals surface area contributed by atoms with Crippen LogP contribution in [0.5, 0.6) is 0 Å². The van der Waals surface area contributed by atoms with Crippen LogP contribution in [0.3, 0.4) is 0 Å². The fraction of sp³-hybridized carbons (Fsp3) is 0.238. The Balaban J connectivity index is 1.47. The standard InChI is InChI=1S/C21H21N3OS/c22-20(25)18-10-12-24(13-11-18)21-23-19(14-26-21)17-8-6-16(7-9-17)15-4-2-1-3-5-15/h1-9,14,18H,10-13H2,(H2,22,25). The van der Waals surface area contributed by atoms with Gasteiger partial charge in [0.2, 0.25) is 5.91 Å².